The van der Waals surface area contributed by atoms with E-state index < -0.39 is 0 Å². The van der Waals surface area contributed by atoms with Crippen molar-refractivity contribution < 1.29 is 9.90 Å². The zero-order valence-electron chi connectivity index (χ0n) is 10.9. The summed E-state index contributed by atoms with van der Waals surface area (Å²) in [7, 11) is 0. The number of carbonyl (C=O) groups is 1. The van der Waals surface area contributed by atoms with E-state index in [0.29, 0.717) is 11.4 Å². The Morgan fingerprint density at radius 2 is 1.89 bits per heavy atom. The molecule has 0 radical (unpaired) electrons. The van der Waals surface area contributed by atoms with Gasteiger partial charge in [-0.05, 0) is 6.07 Å². The first kappa shape index (κ1) is 14.2. The first-order chi connectivity index (χ1) is 9.20. The van der Waals surface area contributed by atoms with E-state index >= 15 is 0 Å². The van der Waals surface area contributed by atoms with Crippen LogP contribution in [0.3, 0.4) is 0 Å². The van der Waals surface area contributed by atoms with E-state index in [0.717, 1.165) is 32.7 Å². The highest BCUT2D eigenvalue weighted by Crippen LogP contribution is 2.17. The smallest absolute Gasteiger partial charge is 0.227 e. The second-order valence-corrected chi connectivity index (χ2v) is 5.09. The molecule has 2 rings (SSSR count). The average Bonchev–Trinajstić information content (AvgIpc) is 2.42. The Morgan fingerprint density at radius 1 is 1.21 bits per heavy atom. The number of carbonyl (C=O) groups excluding carboxylic acids is 1. The SMILES string of the molecule is O=C(Cc1ccccc1O)N1CCN(CCCl)CC1. The summed E-state index contributed by atoms with van der Waals surface area (Å²) < 4.78 is 0. The Morgan fingerprint density at radius 3 is 2.53 bits per heavy atom. The van der Waals surface area contributed by atoms with Gasteiger partial charge in [0.15, 0.2) is 0 Å². The minimum Gasteiger partial charge on any atom is -0.508 e. The van der Waals surface area contributed by atoms with Crippen LogP contribution in [0.5, 0.6) is 5.75 Å². The molecule has 0 atom stereocenters. The summed E-state index contributed by atoms with van der Waals surface area (Å²) in [5, 5.41) is 9.68. The molecule has 4 nitrogen and oxygen atoms in total. The van der Waals surface area contributed by atoms with Gasteiger partial charge in [0.2, 0.25) is 5.91 Å². The monoisotopic (exact) mass is 282 g/mol. The van der Waals surface area contributed by atoms with Gasteiger partial charge in [-0.25, -0.2) is 0 Å². The number of halogens is 1. The van der Waals surface area contributed by atoms with E-state index in [4.69, 9.17) is 11.6 Å². The largest absolute Gasteiger partial charge is 0.508 e. The second-order valence-electron chi connectivity index (χ2n) is 4.72. The quantitative estimate of drug-likeness (QED) is 0.847. The third kappa shape index (κ3) is 3.85. The highest BCUT2D eigenvalue weighted by atomic mass is 35.5. The Balaban J connectivity index is 1.87. The van der Waals surface area contributed by atoms with Crippen LogP contribution in [-0.4, -0.2) is 59.4 Å². The number of alkyl halides is 1. The number of aromatic hydroxyl groups is 1. The van der Waals surface area contributed by atoms with Crippen molar-refractivity contribution in [3.8, 4) is 5.75 Å². The number of piperazine rings is 1. The molecule has 0 spiro atoms. The van der Waals surface area contributed by atoms with Gasteiger partial charge < -0.3 is 10.0 Å². The molecule has 0 aromatic heterocycles. The molecule has 1 saturated heterocycles. The van der Waals surface area contributed by atoms with Crippen LogP contribution in [-0.2, 0) is 11.2 Å². The average molecular weight is 283 g/mol. The number of phenolic OH excluding ortho intramolecular Hbond substituents is 1. The van der Waals surface area contributed by atoms with E-state index in [-0.39, 0.29) is 18.1 Å². The van der Waals surface area contributed by atoms with E-state index in [1.54, 1.807) is 18.2 Å². The summed E-state index contributed by atoms with van der Waals surface area (Å²) in [5.41, 5.74) is 0.690. The van der Waals surface area contributed by atoms with Crippen molar-refractivity contribution in [2.24, 2.45) is 0 Å². The summed E-state index contributed by atoms with van der Waals surface area (Å²) in [6, 6.07) is 6.99. The van der Waals surface area contributed by atoms with Crippen LogP contribution in [0.25, 0.3) is 0 Å². The van der Waals surface area contributed by atoms with E-state index in [1.165, 1.54) is 0 Å². The topological polar surface area (TPSA) is 43.8 Å². The molecule has 1 aromatic carbocycles. The number of benzene rings is 1. The lowest BCUT2D eigenvalue weighted by atomic mass is 10.1. The lowest BCUT2D eigenvalue weighted by molar-refractivity contribution is -0.132. The van der Waals surface area contributed by atoms with Crippen molar-refractivity contribution >= 4 is 17.5 Å². The molecule has 0 saturated carbocycles. The van der Waals surface area contributed by atoms with Gasteiger partial charge in [-0.15, -0.1) is 11.6 Å². The molecule has 1 aliphatic rings. The minimum absolute atomic E-state index is 0.0759. The first-order valence-corrected chi connectivity index (χ1v) is 7.07. The molecule has 0 unspecified atom stereocenters. The summed E-state index contributed by atoms with van der Waals surface area (Å²) >= 11 is 5.71. The molecule has 1 N–H and O–H groups in total. The van der Waals surface area contributed by atoms with Crippen LogP contribution in [0.1, 0.15) is 5.56 Å². The van der Waals surface area contributed by atoms with Crippen LogP contribution in [0.2, 0.25) is 0 Å². The van der Waals surface area contributed by atoms with Crippen LogP contribution < -0.4 is 0 Å². The normalized spacial score (nSPS) is 16.6. The number of para-hydroxylation sites is 1. The molecular formula is C14H19ClN2O2. The van der Waals surface area contributed by atoms with E-state index in [9.17, 15) is 9.90 Å². The standard InChI is InChI=1S/C14H19ClN2O2/c15-5-6-16-7-9-17(10-8-16)14(19)11-12-3-1-2-4-13(12)18/h1-4,18H,5-11H2. The van der Waals surface area contributed by atoms with Crippen molar-refractivity contribution in [3.63, 3.8) is 0 Å². The van der Waals surface area contributed by atoms with Crippen molar-refractivity contribution in [3.05, 3.63) is 29.8 Å². The maximum Gasteiger partial charge on any atom is 0.227 e. The Labute approximate surface area is 118 Å². The molecule has 1 aliphatic heterocycles. The summed E-state index contributed by atoms with van der Waals surface area (Å²) in [6.07, 6.45) is 0.266. The molecule has 0 bridgehead atoms. The number of hydrogen-bond acceptors (Lipinski definition) is 3. The van der Waals surface area contributed by atoms with Gasteiger partial charge in [-0.2, -0.15) is 0 Å². The Hall–Kier alpha value is -1.26. The lowest BCUT2D eigenvalue weighted by Crippen LogP contribution is -2.49. The number of amides is 1. The summed E-state index contributed by atoms with van der Waals surface area (Å²) in [4.78, 5) is 16.3. The third-order valence-electron chi connectivity index (χ3n) is 3.46. The maximum absolute atomic E-state index is 12.2. The van der Waals surface area contributed by atoms with Gasteiger partial charge in [0.05, 0.1) is 6.42 Å². The summed E-state index contributed by atoms with van der Waals surface area (Å²) in [6.45, 7) is 4.11. The molecule has 0 aliphatic carbocycles. The van der Waals surface area contributed by atoms with Gasteiger partial charge in [-0.3, -0.25) is 9.69 Å². The second kappa shape index (κ2) is 6.78. The zero-order chi connectivity index (χ0) is 13.7. The minimum atomic E-state index is 0.0759. The lowest BCUT2D eigenvalue weighted by Gasteiger charge is -2.34. The number of hydrogen-bond donors (Lipinski definition) is 1. The molecule has 5 heteroatoms. The van der Waals surface area contributed by atoms with Gasteiger partial charge in [0, 0.05) is 44.2 Å². The molecule has 1 heterocycles. The number of nitrogens with zero attached hydrogens (tertiary/aromatic N) is 2. The van der Waals surface area contributed by atoms with Crippen molar-refractivity contribution in [2.75, 3.05) is 38.6 Å². The third-order valence-corrected chi connectivity index (χ3v) is 3.63. The van der Waals surface area contributed by atoms with Gasteiger partial charge in [-0.1, -0.05) is 18.2 Å². The maximum atomic E-state index is 12.2. The molecule has 1 fully saturated rings. The first-order valence-electron chi connectivity index (χ1n) is 6.53. The number of phenols is 1. The zero-order valence-corrected chi connectivity index (χ0v) is 11.6. The fourth-order valence-electron chi connectivity index (χ4n) is 2.28. The molecule has 104 valence electrons. The highest BCUT2D eigenvalue weighted by molar-refractivity contribution is 6.18. The fourth-order valence-corrected chi connectivity index (χ4v) is 2.51. The Bertz CT molecular complexity index is 431. The number of rotatable bonds is 4. The van der Waals surface area contributed by atoms with E-state index in [1.807, 2.05) is 11.0 Å². The fraction of sp³-hybridized carbons (Fsp3) is 0.500. The van der Waals surface area contributed by atoms with Crippen LogP contribution in [0.4, 0.5) is 0 Å². The van der Waals surface area contributed by atoms with Crippen LogP contribution >= 0.6 is 11.6 Å². The van der Waals surface area contributed by atoms with Crippen molar-refractivity contribution in [1.29, 1.82) is 0 Å². The molecular weight excluding hydrogens is 264 g/mol. The van der Waals surface area contributed by atoms with Crippen LogP contribution in [0, 0.1) is 0 Å². The molecule has 1 aromatic rings. The molecule has 1 amide bonds. The molecule has 19 heavy (non-hydrogen) atoms. The predicted molar refractivity (Wildman–Crippen MR) is 75.6 cm³/mol. The summed E-state index contributed by atoms with van der Waals surface area (Å²) in [5.74, 6) is 0.898. The van der Waals surface area contributed by atoms with Crippen molar-refractivity contribution in [1.82, 2.24) is 9.80 Å². The van der Waals surface area contributed by atoms with Gasteiger partial charge in [0.1, 0.15) is 5.75 Å². The van der Waals surface area contributed by atoms with E-state index in [2.05, 4.69) is 4.90 Å². The van der Waals surface area contributed by atoms with Gasteiger partial charge in [0.25, 0.3) is 0 Å². The van der Waals surface area contributed by atoms with Crippen LogP contribution in [0.15, 0.2) is 24.3 Å². The van der Waals surface area contributed by atoms with Gasteiger partial charge >= 0.3 is 0 Å². The predicted octanol–water partition coefficient (Wildman–Crippen LogP) is 1.32. The van der Waals surface area contributed by atoms with Crippen molar-refractivity contribution in [2.45, 2.75) is 6.42 Å². The highest BCUT2D eigenvalue weighted by Gasteiger charge is 2.21. The Kier molecular flexibility index (Phi) is 5.05.